The van der Waals surface area contributed by atoms with Crippen LogP contribution in [0.25, 0.3) is 28.2 Å². The van der Waals surface area contributed by atoms with Gasteiger partial charge in [0.2, 0.25) is 0 Å². The maximum atomic E-state index is 13.6. The molecule has 0 radical (unpaired) electrons. The molecule has 1 aliphatic rings. The van der Waals surface area contributed by atoms with Crippen molar-refractivity contribution in [2.24, 2.45) is 0 Å². The maximum Gasteiger partial charge on any atom is 0.155 e. The lowest BCUT2D eigenvalue weighted by molar-refractivity contribution is 0.481. The van der Waals surface area contributed by atoms with Crippen LogP contribution in [-0.4, -0.2) is 52.3 Å². The number of piperazine rings is 1. The van der Waals surface area contributed by atoms with E-state index in [1.54, 1.807) is 18.3 Å². The molecule has 1 atom stereocenters. The van der Waals surface area contributed by atoms with E-state index in [4.69, 9.17) is 10.1 Å². The van der Waals surface area contributed by atoms with Gasteiger partial charge in [-0.2, -0.15) is 0 Å². The Labute approximate surface area is 180 Å². The molecule has 31 heavy (non-hydrogen) atoms. The summed E-state index contributed by atoms with van der Waals surface area (Å²) < 4.78 is 15.4. The van der Waals surface area contributed by atoms with E-state index >= 15 is 0 Å². The first kappa shape index (κ1) is 19.4. The minimum Gasteiger partial charge on any atom is -0.373 e. The molecule has 1 aliphatic heterocycles. The van der Waals surface area contributed by atoms with Crippen molar-refractivity contribution in [3.05, 3.63) is 60.5 Å². The predicted molar refractivity (Wildman–Crippen MR) is 121 cm³/mol. The third kappa shape index (κ3) is 3.70. The van der Waals surface area contributed by atoms with Crippen molar-refractivity contribution in [3.8, 4) is 22.5 Å². The summed E-state index contributed by atoms with van der Waals surface area (Å²) in [6, 6.07) is 14.7. The van der Waals surface area contributed by atoms with Crippen LogP contribution in [0, 0.1) is 5.82 Å². The van der Waals surface area contributed by atoms with Crippen LogP contribution in [0.1, 0.15) is 6.92 Å². The number of anilines is 2. The summed E-state index contributed by atoms with van der Waals surface area (Å²) in [6.07, 6.45) is 1.76. The van der Waals surface area contributed by atoms with E-state index in [-0.39, 0.29) is 5.82 Å². The Bertz CT molecular complexity index is 1220. The number of rotatable bonds is 4. The van der Waals surface area contributed by atoms with Crippen molar-refractivity contribution in [1.82, 2.24) is 24.9 Å². The molecule has 158 valence electrons. The Kier molecular flexibility index (Phi) is 4.99. The molecular weight excluding hydrogens is 393 g/mol. The number of nitrogens with one attached hydrogen (secondary N) is 2. The minimum atomic E-state index is -0.274. The third-order valence-electron chi connectivity index (χ3n) is 5.56. The average Bonchev–Trinajstić information content (AvgIpc) is 3.18. The fourth-order valence-electron chi connectivity index (χ4n) is 4.02. The zero-order valence-corrected chi connectivity index (χ0v) is 17.5. The molecule has 0 saturated carbocycles. The number of halogens is 1. The highest BCUT2D eigenvalue weighted by Gasteiger charge is 2.21. The van der Waals surface area contributed by atoms with Gasteiger partial charge in [-0.05, 0) is 55.5 Å². The van der Waals surface area contributed by atoms with Crippen molar-refractivity contribution in [2.45, 2.75) is 13.0 Å². The Morgan fingerprint density at radius 3 is 2.71 bits per heavy atom. The molecule has 1 saturated heterocycles. The highest BCUT2D eigenvalue weighted by atomic mass is 19.1. The molecule has 0 spiro atoms. The van der Waals surface area contributed by atoms with E-state index in [0.29, 0.717) is 6.04 Å². The first-order chi connectivity index (χ1) is 15.1. The second-order valence-corrected chi connectivity index (χ2v) is 7.76. The summed E-state index contributed by atoms with van der Waals surface area (Å²) in [4.78, 5) is 11.5. The van der Waals surface area contributed by atoms with Crippen molar-refractivity contribution in [3.63, 3.8) is 0 Å². The minimum absolute atomic E-state index is 0.274. The van der Waals surface area contributed by atoms with Gasteiger partial charge in [-0.3, -0.25) is 0 Å². The Hall–Kier alpha value is -3.52. The predicted octanol–water partition coefficient (Wildman–Crippen LogP) is 3.44. The van der Waals surface area contributed by atoms with Crippen LogP contribution >= 0.6 is 0 Å². The molecule has 0 aliphatic carbocycles. The van der Waals surface area contributed by atoms with Crippen LogP contribution in [0.4, 0.5) is 16.0 Å². The standard InChI is InChI=1S/C23H24FN7/c1-15-14-30(12-11-26-15)21-8-7-20-28-22(16-3-5-18(24)6-4-16)23(31(20)29-21)17-9-10-27-19(13-17)25-2/h3-10,13,15,26H,11-12,14H2,1-2H3,(H,25,27). The van der Waals surface area contributed by atoms with Crippen molar-refractivity contribution >= 4 is 17.3 Å². The molecule has 1 aromatic carbocycles. The maximum absolute atomic E-state index is 13.6. The summed E-state index contributed by atoms with van der Waals surface area (Å²) in [7, 11) is 1.84. The van der Waals surface area contributed by atoms with Crippen molar-refractivity contribution in [1.29, 1.82) is 0 Å². The normalized spacial score (nSPS) is 16.6. The lowest BCUT2D eigenvalue weighted by atomic mass is 10.1. The molecule has 0 amide bonds. The number of imidazole rings is 1. The van der Waals surface area contributed by atoms with E-state index in [1.807, 2.05) is 35.8 Å². The van der Waals surface area contributed by atoms with Crippen LogP contribution in [0.5, 0.6) is 0 Å². The summed E-state index contributed by atoms with van der Waals surface area (Å²) in [6.45, 7) is 4.90. The molecule has 1 fully saturated rings. The molecule has 3 aromatic heterocycles. The second-order valence-electron chi connectivity index (χ2n) is 7.76. The third-order valence-corrected chi connectivity index (χ3v) is 5.56. The molecule has 4 aromatic rings. The molecule has 2 N–H and O–H groups in total. The van der Waals surface area contributed by atoms with E-state index in [9.17, 15) is 4.39 Å². The number of hydrogen-bond donors (Lipinski definition) is 2. The Balaban J connectivity index is 1.71. The Morgan fingerprint density at radius 1 is 1.10 bits per heavy atom. The smallest absolute Gasteiger partial charge is 0.155 e. The van der Waals surface area contributed by atoms with Crippen LogP contribution in [0.3, 0.4) is 0 Å². The van der Waals surface area contributed by atoms with E-state index in [1.165, 1.54) is 12.1 Å². The molecule has 0 bridgehead atoms. The highest BCUT2D eigenvalue weighted by molar-refractivity contribution is 5.82. The number of pyridine rings is 1. The van der Waals surface area contributed by atoms with Crippen LogP contribution in [0.2, 0.25) is 0 Å². The van der Waals surface area contributed by atoms with Gasteiger partial charge in [0.15, 0.2) is 5.65 Å². The average molecular weight is 417 g/mol. The van der Waals surface area contributed by atoms with Gasteiger partial charge in [-0.25, -0.2) is 18.9 Å². The lowest BCUT2D eigenvalue weighted by Crippen LogP contribution is -2.49. The van der Waals surface area contributed by atoms with Crippen LogP contribution in [0.15, 0.2) is 54.7 Å². The second kappa shape index (κ2) is 7.96. The van der Waals surface area contributed by atoms with Gasteiger partial charge in [0.1, 0.15) is 23.1 Å². The van der Waals surface area contributed by atoms with Crippen LogP contribution < -0.4 is 15.5 Å². The SMILES string of the molecule is CNc1cc(-c2c(-c3ccc(F)cc3)nc3ccc(N4CCNC(C)C4)nn23)ccn1. The van der Waals surface area contributed by atoms with E-state index in [2.05, 4.69) is 27.4 Å². The van der Waals surface area contributed by atoms with Crippen molar-refractivity contribution in [2.75, 3.05) is 36.9 Å². The number of hydrogen-bond acceptors (Lipinski definition) is 6. The lowest BCUT2D eigenvalue weighted by Gasteiger charge is -2.32. The Morgan fingerprint density at radius 2 is 1.94 bits per heavy atom. The first-order valence-corrected chi connectivity index (χ1v) is 10.4. The summed E-state index contributed by atoms with van der Waals surface area (Å²) in [5, 5.41) is 11.5. The van der Waals surface area contributed by atoms with Gasteiger partial charge >= 0.3 is 0 Å². The number of benzene rings is 1. The van der Waals surface area contributed by atoms with Crippen molar-refractivity contribution < 1.29 is 4.39 Å². The first-order valence-electron chi connectivity index (χ1n) is 10.4. The molecule has 7 nitrogen and oxygen atoms in total. The topological polar surface area (TPSA) is 70.4 Å². The zero-order chi connectivity index (χ0) is 21.4. The molecule has 4 heterocycles. The monoisotopic (exact) mass is 417 g/mol. The number of aromatic nitrogens is 4. The number of fused-ring (bicyclic) bond motifs is 1. The van der Waals surface area contributed by atoms with Gasteiger partial charge in [-0.1, -0.05) is 0 Å². The zero-order valence-electron chi connectivity index (χ0n) is 17.5. The number of nitrogens with zero attached hydrogens (tertiary/aromatic N) is 5. The van der Waals surface area contributed by atoms with Gasteiger partial charge in [0, 0.05) is 50.0 Å². The fourth-order valence-corrected chi connectivity index (χ4v) is 4.02. The fraction of sp³-hybridized carbons (Fsp3) is 0.261. The highest BCUT2D eigenvalue weighted by Crippen LogP contribution is 2.33. The summed E-state index contributed by atoms with van der Waals surface area (Å²) in [5.41, 5.74) is 4.12. The molecule has 1 unspecified atom stereocenters. The van der Waals surface area contributed by atoms with Gasteiger partial charge in [0.05, 0.1) is 5.69 Å². The molecule has 8 heteroatoms. The quantitative estimate of drug-likeness (QED) is 0.530. The summed E-state index contributed by atoms with van der Waals surface area (Å²) >= 11 is 0. The van der Waals surface area contributed by atoms with E-state index in [0.717, 1.165) is 59.4 Å². The largest absolute Gasteiger partial charge is 0.373 e. The van der Waals surface area contributed by atoms with E-state index < -0.39 is 0 Å². The van der Waals surface area contributed by atoms with Gasteiger partial charge in [-0.15, -0.1) is 5.10 Å². The summed E-state index contributed by atoms with van der Waals surface area (Å²) in [5.74, 6) is 1.39. The molecule has 5 rings (SSSR count). The van der Waals surface area contributed by atoms with Crippen LogP contribution in [-0.2, 0) is 0 Å². The molecular formula is C23H24FN7. The van der Waals surface area contributed by atoms with Gasteiger partial charge in [0.25, 0.3) is 0 Å². The van der Waals surface area contributed by atoms with Gasteiger partial charge < -0.3 is 15.5 Å².